The van der Waals surface area contributed by atoms with Crippen LogP contribution in [0.3, 0.4) is 0 Å². The number of anilines is 1. The van der Waals surface area contributed by atoms with E-state index in [1.54, 1.807) is 30.3 Å². The van der Waals surface area contributed by atoms with E-state index in [0.29, 0.717) is 5.69 Å². The standard InChI is InChI=1S/C23H22ClF4N3O/c1-22(25,26)20-18(11-14-7-9-23(27,28)10-8-14)31-13-17(24)16(12-19(31)30-20)21(32)29-15-5-3-2-4-6-15/h2-6,12-14H,7-11H2,1H3,(H,29,32). The Balaban J connectivity index is 1.69. The number of amides is 1. The van der Waals surface area contributed by atoms with Crippen molar-refractivity contribution in [3.05, 3.63) is 64.6 Å². The SMILES string of the molecule is CC(F)(F)c1nc2cc(C(=O)Nc3ccccc3)c(Cl)cn2c1CC1CCC(F)(F)CC1. The number of halogens is 5. The fourth-order valence-corrected chi connectivity index (χ4v) is 4.37. The number of rotatable bonds is 5. The molecule has 9 heteroatoms. The Morgan fingerprint density at radius 2 is 1.91 bits per heavy atom. The number of aromatic nitrogens is 2. The molecule has 32 heavy (non-hydrogen) atoms. The van der Waals surface area contributed by atoms with Crippen LogP contribution in [0, 0.1) is 5.92 Å². The molecule has 1 amide bonds. The van der Waals surface area contributed by atoms with E-state index in [-0.39, 0.29) is 59.9 Å². The van der Waals surface area contributed by atoms with E-state index in [4.69, 9.17) is 11.6 Å². The summed E-state index contributed by atoms with van der Waals surface area (Å²) in [6, 6.07) is 10.1. The van der Waals surface area contributed by atoms with Crippen molar-refractivity contribution in [1.82, 2.24) is 9.38 Å². The Morgan fingerprint density at radius 1 is 1.25 bits per heavy atom. The second-order valence-corrected chi connectivity index (χ2v) is 8.79. The van der Waals surface area contributed by atoms with E-state index >= 15 is 0 Å². The van der Waals surface area contributed by atoms with Gasteiger partial charge in [0.15, 0.2) is 0 Å². The van der Waals surface area contributed by atoms with Gasteiger partial charge < -0.3 is 9.72 Å². The highest BCUT2D eigenvalue weighted by atomic mass is 35.5. The minimum atomic E-state index is -3.24. The minimum Gasteiger partial charge on any atom is -0.322 e. The Labute approximate surface area is 187 Å². The third-order valence-electron chi connectivity index (χ3n) is 5.82. The fraction of sp³-hybridized carbons (Fsp3) is 0.391. The van der Waals surface area contributed by atoms with Crippen LogP contribution in [-0.2, 0) is 12.3 Å². The molecule has 1 aliphatic carbocycles. The molecule has 3 aromatic rings. The number of fused-ring (bicyclic) bond motifs is 1. The Hall–Kier alpha value is -2.61. The first-order chi connectivity index (χ1) is 15.0. The molecule has 0 aliphatic heterocycles. The molecule has 0 unspecified atom stereocenters. The number of hydrogen-bond donors (Lipinski definition) is 1. The third kappa shape index (κ3) is 4.75. The molecular formula is C23H22ClF4N3O. The minimum absolute atomic E-state index is 0.0747. The second kappa shape index (κ2) is 8.39. The van der Waals surface area contributed by atoms with E-state index in [9.17, 15) is 22.4 Å². The number of pyridine rings is 1. The lowest BCUT2D eigenvalue weighted by atomic mass is 9.83. The highest BCUT2D eigenvalue weighted by molar-refractivity contribution is 6.34. The topological polar surface area (TPSA) is 46.4 Å². The highest BCUT2D eigenvalue weighted by Gasteiger charge is 2.38. The first kappa shape index (κ1) is 22.6. The van der Waals surface area contributed by atoms with Crippen molar-refractivity contribution in [2.45, 2.75) is 50.9 Å². The van der Waals surface area contributed by atoms with Crippen LogP contribution in [0.1, 0.15) is 54.4 Å². The lowest BCUT2D eigenvalue weighted by Crippen LogP contribution is -2.26. The van der Waals surface area contributed by atoms with Gasteiger partial charge in [0.25, 0.3) is 11.8 Å². The van der Waals surface area contributed by atoms with Crippen LogP contribution in [0.25, 0.3) is 5.65 Å². The molecule has 0 radical (unpaired) electrons. The number of benzene rings is 1. The highest BCUT2D eigenvalue weighted by Crippen LogP contribution is 2.39. The lowest BCUT2D eigenvalue weighted by molar-refractivity contribution is -0.0460. The molecule has 0 atom stereocenters. The van der Waals surface area contributed by atoms with Gasteiger partial charge in [0, 0.05) is 31.6 Å². The number of nitrogens with one attached hydrogen (secondary N) is 1. The summed E-state index contributed by atoms with van der Waals surface area (Å²) >= 11 is 6.34. The molecule has 170 valence electrons. The first-order valence-electron chi connectivity index (χ1n) is 10.4. The predicted octanol–water partition coefficient (Wildman–Crippen LogP) is 6.72. The number of hydrogen-bond acceptors (Lipinski definition) is 2. The van der Waals surface area contributed by atoms with Gasteiger partial charge in [-0.25, -0.2) is 13.8 Å². The van der Waals surface area contributed by atoms with Crippen LogP contribution in [0.4, 0.5) is 23.2 Å². The van der Waals surface area contributed by atoms with Crippen molar-refractivity contribution in [1.29, 1.82) is 0 Å². The molecule has 1 N–H and O–H groups in total. The summed E-state index contributed by atoms with van der Waals surface area (Å²) in [4.78, 5) is 16.8. The Morgan fingerprint density at radius 3 is 2.53 bits per heavy atom. The summed E-state index contributed by atoms with van der Waals surface area (Å²) in [5.74, 6) is -6.58. The van der Waals surface area contributed by atoms with E-state index < -0.39 is 23.4 Å². The van der Waals surface area contributed by atoms with E-state index in [0.717, 1.165) is 6.92 Å². The smallest absolute Gasteiger partial charge is 0.288 e. The average Bonchev–Trinajstić information content (AvgIpc) is 3.07. The van der Waals surface area contributed by atoms with Gasteiger partial charge in [0.05, 0.1) is 16.3 Å². The summed E-state index contributed by atoms with van der Waals surface area (Å²) in [7, 11) is 0. The maximum absolute atomic E-state index is 14.4. The van der Waals surface area contributed by atoms with Gasteiger partial charge in [-0.2, -0.15) is 8.78 Å². The van der Waals surface area contributed by atoms with Crippen molar-refractivity contribution in [2.75, 3.05) is 5.32 Å². The zero-order valence-corrected chi connectivity index (χ0v) is 18.1. The number of imidazole rings is 1. The molecule has 0 bridgehead atoms. The fourth-order valence-electron chi connectivity index (χ4n) is 4.13. The summed E-state index contributed by atoms with van der Waals surface area (Å²) in [6.07, 6.45) is 1.57. The maximum atomic E-state index is 14.4. The molecule has 1 saturated carbocycles. The zero-order valence-electron chi connectivity index (χ0n) is 17.3. The Kier molecular flexibility index (Phi) is 5.92. The average molecular weight is 468 g/mol. The molecule has 1 fully saturated rings. The summed E-state index contributed by atoms with van der Waals surface area (Å²) in [6.45, 7) is 0.748. The molecule has 2 aromatic heterocycles. The van der Waals surface area contributed by atoms with Gasteiger partial charge in [0.1, 0.15) is 11.3 Å². The zero-order chi connectivity index (χ0) is 23.1. The molecule has 4 rings (SSSR count). The van der Waals surface area contributed by atoms with Gasteiger partial charge in [-0.15, -0.1) is 0 Å². The predicted molar refractivity (Wildman–Crippen MR) is 115 cm³/mol. The van der Waals surface area contributed by atoms with Crippen molar-refractivity contribution in [3.8, 4) is 0 Å². The molecule has 0 saturated heterocycles. The number of carbonyl (C=O) groups is 1. The van der Waals surface area contributed by atoms with Gasteiger partial charge >= 0.3 is 0 Å². The van der Waals surface area contributed by atoms with E-state index in [2.05, 4.69) is 10.3 Å². The van der Waals surface area contributed by atoms with Crippen molar-refractivity contribution < 1.29 is 22.4 Å². The van der Waals surface area contributed by atoms with Crippen LogP contribution in [0.15, 0.2) is 42.6 Å². The maximum Gasteiger partial charge on any atom is 0.288 e. The van der Waals surface area contributed by atoms with Crippen molar-refractivity contribution >= 4 is 28.8 Å². The summed E-state index contributed by atoms with van der Waals surface area (Å²) in [5.41, 5.74) is 0.627. The van der Waals surface area contributed by atoms with Gasteiger partial charge in [-0.3, -0.25) is 4.79 Å². The van der Waals surface area contributed by atoms with Crippen LogP contribution in [-0.4, -0.2) is 21.2 Å². The summed E-state index contributed by atoms with van der Waals surface area (Å²) in [5, 5.41) is 2.78. The monoisotopic (exact) mass is 467 g/mol. The lowest BCUT2D eigenvalue weighted by Gasteiger charge is -2.28. The molecule has 1 aromatic carbocycles. The van der Waals surface area contributed by atoms with Crippen LogP contribution >= 0.6 is 11.6 Å². The van der Waals surface area contributed by atoms with E-state index in [1.165, 1.54) is 16.7 Å². The number of carbonyl (C=O) groups excluding carboxylic acids is 1. The first-order valence-corrected chi connectivity index (χ1v) is 10.7. The van der Waals surface area contributed by atoms with Crippen LogP contribution in [0.5, 0.6) is 0 Å². The quantitative estimate of drug-likeness (QED) is 0.423. The largest absolute Gasteiger partial charge is 0.322 e. The van der Waals surface area contributed by atoms with Gasteiger partial charge in [0.2, 0.25) is 5.92 Å². The number of para-hydroxylation sites is 1. The molecule has 4 nitrogen and oxygen atoms in total. The molecule has 1 aliphatic rings. The van der Waals surface area contributed by atoms with Crippen molar-refractivity contribution in [2.24, 2.45) is 5.92 Å². The summed E-state index contributed by atoms with van der Waals surface area (Å²) < 4.78 is 57.2. The second-order valence-electron chi connectivity index (χ2n) is 8.38. The van der Waals surface area contributed by atoms with Gasteiger partial charge in [-0.05, 0) is 43.4 Å². The van der Waals surface area contributed by atoms with Gasteiger partial charge in [-0.1, -0.05) is 29.8 Å². The van der Waals surface area contributed by atoms with Crippen LogP contribution < -0.4 is 5.32 Å². The third-order valence-corrected chi connectivity index (χ3v) is 6.12. The normalized spacial score (nSPS) is 16.9. The van der Waals surface area contributed by atoms with E-state index in [1.807, 2.05) is 0 Å². The molecular weight excluding hydrogens is 446 g/mol. The van der Waals surface area contributed by atoms with Crippen LogP contribution in [0.2, 0.25) is 5.02 Å². The number of nitrogens with zero attached hydrogens (tertiary/aromatic N) is 2. The molecule has 0 spiro atoms. The number of alkyl halides is 4. The Bertz CT molecular complexity index is 1130. The molecule has 2 heterocycles. The van der Waals surface area contributed by atoms with Crippen molar-refractivity contribution in [3.63, 3.8) is 0 Å².